The molecule has 3 nitrogen and oxygen atoms in total. The van der Waals surface area contributed by atoms with Crippen LogP contribution in [0.3, 0.4) is 0 Å². The van der Waals surface area contributed by atoms with Gasteiger partial charge in [0.2, 0.25) is 0 Å². The molecule has 0 saturated carbocycles. The van der Waals surface area contributed by atoms with Crippen LogP contribution in [0.2, 0.25) is 0 Å². The molecule has 2 heterocycles. The molecule has 1 saturated heterocycles. The normalized spacial score (nSPS) is 15.9. The SMILES string of the molecule is N=C(c1coc2ccccc12)N1CCCC1. The summed E-state index contributed by atoms with van der Waals surface area (Å²) in [4.78, 5) is 2.12. The van der Waals surface area contributed by atoms with E-state index in [4.69, 9.17) is 9.83 Å². The topological polar surface area (TPSA) is 40.2 Å². The third kappa shape index (κ3) is 1.40. The predicted octanol–water partition coefficient (Wildman–Crippen LogP) is 2.85. The van der Waals surface area contributed by atoms with Crippen LogP contribution in [-0.2, 0) is 0 Å². The summed E-state index contributed by atoms with van der Waals surface area (Å²) in [5.41, 5.74) is 1.78. The average Bonchev–Trinajstić information content (AvgIpc) is 2.98. The number of benzene rings is 1. The van der Waals surface area contributed by atoms with Crippen LogP contribution in [0.4, 0.5) is 0 Å². The number of likely N-dealkylation sites (tertiary alicyclic amines) is 1. The number of para-hydroxylation sites is 1. The van der Waals surface area contributed by atoms with Gasteiger partial charge in [-0.25, -0.2) is 0 Å². The van der Waals surface area contributed by atoms with E-state index in [9.17, 15) is 0 Å². The molecule has 16 heavy (non-hydrogen) atoms. The van der Waals surface area contributed by atoms with Crippen LogP contribution in [0, 0.1) is 5.41 Å². The van der Waals surface area contributed by atoms with Gasteiger partial charge in [-0.2, -0.15) is 0 Å². The van der Waals surface area contributed by atoms with E-state index >= 15 is 0 Å². The average molecular weight is 214 g/mol. The molecule has 0 amide bonds. The Morgan fingerprint density at radius 3 is 2.75 bits per heavy atom. The van der Waals surface area contributed by atoms with Gasteiger partial charge >= 0.3 is 0 Å². The molecule has 1 N–H and O–H groups in total. The number of hydrogen-bond acceptors (Lipinski definition) is 2. The van der Waals surface area contributed by atoms with Crippen LogP contribution in [0.15, 0.2) is 34.9 Å². The number of amidine groups is 1. The lowest BCUT2D eigenvalue weighted by Crippen LogP contribution is -2.27. The number of nitrogens with zero attached hydrogens (tertiary/aromatic N) is 1. The van der Waals surface area contributed by atoms with E-state index in [-0.39, 0.29) is 0 Å². The van der Waals surface area contributed by atoms with Gasteiger partial charge in [0.1, 0.15) is 17.7 Å². The van der Waals surface area contributed by atoms with E-state index in [1.54, 1.807) is 6.26 Å². The lowest BCUT2D eigenvalue weighted by atomic mass is 10.1. The molecule has 0 atom stereocenters. The van der Waals surface area contributed by atoms with E-state index in [0.717, 1.165) is 29.6 Å². The van der Waals surface area contributed by atoms with Crippen LogP contribution < -0.4 is 0 Å². The summed E-state index contributed by atoms with van der Waals surface area (Å²) < 4.78 is 5.46. The Balaban J connectivity index is 2.02. The zero-order valence-corrected chi connectivity index (χ0v) is 9.07. The Labute approximate surface area is 94.2 Å². The molecule has 1 aromatic heterocycles. The van der Waals surface area contributed by atoms with E-state index in [1.807, 2.05) is 24.3 Å². The van der Waals surface area contributed by atoms with Crippen LogP contribution >= 0.6 is 0 Å². The van der Waals surface area contributed by atoms with Crippen molar-refractivity contribution in [2.24, 2.45) is 0 Å². The second kappa shape index (κ2) is 3.67. The maximum Gasteiger partial charge on any atom is 0.134 e. The van der Waals surface area contributed by atoms with E-state index in [1.165, 1.54) is 12.8 Å². The Bertz CT molecular complexity index is 523. The zero-order chi connectivity index (χ0) is 11.0. The van der Waals surface area contributed by atoms with Gasteiger partial charge < -0.3 is 9.32 Å². The third-order valence-electron chi connectivity index (χ3n) is 3.16. The van der Waals surface area contributed by atoms with Crippen molar-refractivity contribution >= 4 is 16.8 Å². The fraction of sp³-hybridized carbons (Fsp3) is 0.308. The molecule has 2 aromatic rings. The van der Waals surface area contributed by atoms with Crippen molar-refractivity contribution in [1.29, 1.82) is 5.41 Å². The number of furan rings is 1. The molecule has 1 aliphatic rings. The van der Waals surface area contributed by atoms with Gasteiger partial charge in [-0.05, 0) is 18.9 Å². The molecule has 1 aliphatic heterocycles. The molecule has 3 rings (SSSR count). The largest absolute Gasteiger partial charge is 0.464 e. The number of hydrogen-bond donors (Lipinski definition) is 1. The monoisotopic (exact) mass is 214 g/mol. The molecular formula is C13H14N2O. The van der Waals surface area contributed by atoms with Gasteiger partial charge in [0, 0.05) is 18.5 Å². The summed E-state index contributed by atoms with van der Waals surface area (Å²) in [5.74, 6) is 0.599. The number of fused-ring (bicyclic) bond motifs is 1. The second-order valence-electron chi connectivity index (χ2n) is 4.19. The van der Waals surface area contributed by atoms with Gasteiger partial charge in [-0.1, -0.05) is 18.2 Å². The first-order chi connectivity index (χ1) is 7.86. The number of rotatable bonds is 1. The Morgan fingerprint density at radius 2 is 1.94 bits per heavy atom. The number of nitrogens with one attached hydrogen (secondary N) is 1. The lowest BCUT2D eigenvalue weighted by molar-refractivity contribution is 0.516. The Morgan fingerprint density at radius 1 is 1.19 bits per heavy atom. The van der Waals surface area contributed by atoms with Crippen molar-refractivity contribution in [3.63, 3.8) is 0 Å². The fourth-order valence-electron chi connectivity index (χ4n) is 2.27. The van der Waals surface area contributed by atoms with E-state index in [0.29, 0.717) is 5.84 Å². The molecule has 0 radical (unpaired) electrons. The van der Waals surface area contributed by atoms with Gasteiger partial charge in [0.15, 0.2) is 0 Å². The maximum absolute atomic E-state index is 8.19. The molecule has 0 spiro atoms. The molecule has 0 bridgehead atoms. The first-order valence-corrected chi connectivity index (χ1v) is 5.66. The standard InChI is InChI=1S/C13H14N2O/c14-13(15-7-3-4-8-15)11-9-16-12-6-2-1-5-10(11)12/h1-2,5-6,9,14H,3-4,7-8H2. The third-order valence-corrected chi connectivity index (χ3v) is 3.16. The summed E-state index contributed by atoms with van der Waals surface area (Å²) in [7, 11) is 0. The highest BCUT2D eigenvalue weighted by Gasteiger charge is 2.19. The highest BCUT2D eigenvalue weighted by molar-refractivity contribution is 6.07. The van der Waals surface area contributed by atoms with Gasteiger partial charge in [-0.15, -0.1) is 0 Å². The molecule has 1 aromatic carbocycles. The predicted molar refractivity (Wildman–Crippen MR) is 63.8 cm³/mol. The van der Waals surface area contributed by atoms with Crippen LogP contribution in [0.5, 0.6) is 0 Å². The van der Waals surface area contributed by atoms with Crippen LogP contribution in [-0.4, -0.2) is 23.8 Å². The molecule has 0 aliphatic carbocycles. The molecule has 82 valence electrons. The van der Waals surface area contributed by atoms with Crippen molar-refractivity contribution in [3.8, 4) is 0 Å². The minimum absolute atomic E-state index is 0.599. The van der Waals surface area contributed by atoms with Crippen molar-refractivity contribution in [2.45, 2.75) is 12.8 Å². The smallest absolute Gasteiger partial charge is 0.134 e. The molecule has 3 heteroatoms. The Hall–Kier alpha value is -1.77. The fourth-order valence-corrected chi connectivity index (χ4v) is 2.27. The van der Waals surface area contributed by atoms with Crippen LogP contribution in [0.25, 0.3) is 11.0 Å². The minimum Gasteiger partial charge on any atom is -0.464 e. The summed E-state index contributed by atoms with van der Waals surface area (Å²) in [6, 6.07) is 7.89. The molecular weight excluding hydrogens is 200 g/mol. The lowest BCUT2D eigenvalue weighted by Gasteiger charge is -2.17. The first-order valence-electron chi connectivity index (χ1n) is 5.66. The van der Waals surface area contributed by atoms with Crippen molar-refractivity contribution in [1.82, 2.24) is 4.90 Å². The Kier molecular flexibility index (Phi) is 2.17. The quantitative estimate of drug-likeness (QED) is 0.585. The highest BCUT2D eigenvalue weighted by atomic mass is 16.3. The highest BCUT2D eigenvalue weighted by Crippen LogP contribution is 2.23. The first kappa shape index (κ1) is 9.46. The van der Waals surface area contributed by atoms with Crippen molar-refractivity contribution in [2.75, 3.05) is 13.1 Å². The summed E-state index contributed by atoms with van der Waals surface area (Å²) in [6.07, 6.45) is 4.08. The van der Waals surface area contributed by atoms with Crippen molar-refractivity contribution in [3.05, 3.63) is 36.1 Å². The zero-order valence-electron chi connectivity index (χ0n) is 9.07. The van der Waals surface area contributed by atoms with E-state index in [2.05, 4.69) is 4.90 Å². The van der Waals surface area contributed by atoms with Gasteiger partial charge in [-0.3, -0.25) is 5.41 Å². The molecule has 0 unspecified atom stereocenters. The summed E-state index contributed by atoms with van der Waals surface area (Å²) in [6.45, 7) is 2.00. The summed E-state index contributed by atoms with van der Waals surface area (Å²) in [5, 5.41) is 9.23. The van der Waals surface area contributed by atoms with Gasteiger partial charge in [0.25, 0.3) is 0 Å². The summed E-state index contributed by atoms with van der Waals surface area (Å²) >= 11 is 0. The van der Waals surface area contributed by atoms with Crippen LogP contribution in [0.1, 0.15) is 18.4 Å². The maximum atomic E-state index is 8.19. The van der Waals surface area contributed by atoms with E-state index < -0.39 is 0 Å². The van der Waals surface area contributed by atoms with Crippen molar-refractivity contribution < 1.29 is 4.42 Å². The molecule has 1 fully saturated rings. The van der Waals surface area contributed by atoms with Gasteiger partial charge in [0.05, 0.1) is 5.56 Å². The second-order valence-corrected chi connectivity index (χ2v) is 4.19. The minimum atomic E-state index is 0.599.